The van der Waals surface area contributed by atoms with Crippen molar-refractivity contribution in [2.24, 2.45) is 0 Å². The Morgan fingerprint density at radius 1 is 0.868 bits per heavy atom. The van der Waals surface area contributed by atoms with Crippen LogP contribution in [0.4, 0.5) is 10.5 Å². The summed E-state index contributed by atoms with van der Waals surface area (Å²) in [5.74, 6) is 0.499. The van der Waals surface area contributed by atoms with Crippen LogP contribution in [0, 0.1) is 6.92 Å². The van der Waals surface area contributed by atoms with Crippen LogP contribution in [0.3, 0.4) is 0 Å². The highest BCUT2D eigenvalue weighted by Gasteiger charge is 2.36. The van der Waals surface area contributed by atoms with Gasteiger partial charge in [0.1, 0.15) is 18.8 Å². The summed E-state index contributed by atoms with van der Waals surface area (Å²) in [4.78, 5) is 39.1. The van der Waals surface area contributed by atoms with Crippen molar-refractivity contribution in [1.82, 2.24) is 5.32 Å². The number of nitrogens with one attached hydrogen (secondary N) is 1. The molecule has 1 N–H and O–H groups in total. The minimum atomic E-state index is -0.807. The number of methoxy groups -OCH3 is 2. The van der Waals surface area contributed by atoms with E-state index in [0.717, 1.165) is 10.5 Å². The van der Waals surface area contributed by atoms with Crippen molar-refractivity contribution in [3.63, 3.8) is 0 Å². The number of amides is 4. The van der Waals surface area contributed by atoms with E-state index >= 15 is 0 Å². The lowest BCUT2D eigenvalue weighted by atomic mass is 10.1. The number of para-hydroxylation sites is 2. The molecule has 4 amide bonds. The summed E-state index contributed by atoms with van der Waals surface area (Å²) in [5, 5.41) is 2.22. The molecule has 1 aliphatic rings. The number of ether oxygens (including phenoxy) is 4. The van der Waals surface area contributed by atoms with Gasteiger partial charge in [-0.25, -0.2) is 9.69 Å². The molecule has 3 aromatic rings. The van der Waals surface area contributed by atoms with Gasteiger partial charge in [0.15, 0.2) is 23.0 Å². The van der Waals surface area contributed by atoms with Crippen LogP contribution >= 0.6 is 15.9 Å². The summed E-state index contributed by atoms with van der Waals surface area (Å²) in [6, 6.07) is 16.6. The van der Waals surface area contributed by atoms with E-state index in [1.165, 1.54) is 13.2 Å². The number of aryl methyl sites for hydroxylation is 1. The van der Waals surface area contributed by atoms with E-state index < -0.39 is 17.8 Å². The molecule has 196 valence electrons. The molecule has 1 aliphatic heterocycles. The Hall–Kier alpha value is -4.31. The number of urea groups is 1. The predicted octanol–water partition coefficient (Wildman–Crippen LogP) is 4.90. The molecule has 10 heteroatoms. The van der Waals surface area contributed by atoms with E-state index in [4.69, 9.17) is 18.9 Å². The first-order valence-corrected chi connectivity index (χ1v) is 12.4. The van der Waals surface area contributed by atoms with Crippen LogP contribution in [0.25, 0.3) is 6.08 Å². The molecule has 0 radical (unpaired) electrons. The molecule has 0 saturated carbocycles. The second kappa shape index (κ2) is 11.8. The number of carbonyl (C=O) groups excluding carboxylic acids is 3. The van der Waals surface area contributed by atoms with Gasteiger partial charge in [0.2, 0.25) is 0 Å². The molecule has 0 unspecified atom stereocenters. The molecular formula is C28H25BrN2O7. The summed E-state index contributed by atoms with van der Waals surface area (Å²) in [5.41, 5.74) is 1.62. The second-order valence-electron chi connectivity index (χ2n) is 8.18. The smallest absolute Gasteiger partial charge is 0.335 e. The molecule has 1 saturated heterocycles. The fourth-order valence-electron chi connectivity index (χ4n) is 3.75. The van der Waals surface area contributed by atoms with Gasteiger partial charge in [-0.3, -0.25) is 14.9 Å². The van der Waals surface area contributed by atoms with Gasteiger partial charge < -0.3 is 18.9 Å². The van der Waals surface area contributed by atoms with Crippen molar-refractivity contribution >= 4 is 45.5 Å². The number of rotatable bonds is 9. The molecule has 1 heterocycles. The molecule has 0 aromatic heterocycles. The quantitative estimate of drug-likeness (QED) is 0.218. The Morgan fingerprint density at radius 3 is 2.21 bits per heavy atom. The van der Waals surface area contributed by atoms with Gasteiger partial charge >= 0.3 is 6.03 Å². The zero-order valence-electron chi connectivity index (χ0n) is 20.9. The lowest BCUT2D eigenvalue weighted by Gasteiger charge is -2.26. The highest BCUT2D eigenvalue weighted by atomic mass is 79.9. The van der Waals surface area contributed by atoms with Crippen LogP contribution in [-0.2, 0) is 9.59 Å². The van der Waals surface area contributed by atoms with Crippen LogP contribution in [0.15, 0.2) is 70.7 Å². The van der Waals surface area contributed by atoms with Crippen LogP contribution in [0.1, 0.15) is 11.1 Å². The maximum atomic E-state index is 13.2. The normalized spacial score (nSPS) is 14.4. The van der Waals surface area contributed by atoms with Gasteiger partial charge in [0.25, 0.3) is 11.8 Å². The molecule has 0 spiro atoms. The fraction of sp³-hybridized carbons (Fsp3) is 0.179. The molecule has 38 heavy (non-hydrogen) atoms. The standard InChI is InChI=1S/C28H25BrN2O7/c1-17-8-10-19(11-9-17)31-27(33)20(26(32)30-28(31)34)14-18-15-21(29)25(24(16-18)36-3)38-13-12-37-23-7-5-4-6-22(23)35-2/h4-11,14-16H,12-13H2,1-3H3,(H,30,32,34)/b20-14+. The van der Waals surface area contributed by atoms with Gasteiger partial charge in [0.05, 0.1) is 24.4 Å². The Morgan fingerprint density at radius 2 is 1.53 bits per heavy atom. The molecule has 4 rings (SSSR count). The summed E-state index contributed by atoms with van der Waals surface area (Å²) < 4.78 is 22.9. The molecule has 9 nitrogen and oxygen atoms in total. The third-order valence-corrected chi connectivity index (χ3v) is 6.20. The topological polar surface area (TPSA) is 103 Å². The Labute approximate surface area is 228 Å². The molecule has 0 atom stereocenters. The molecule has 3 aromatic carbocycles. The van der Waals surface area contributed by atoms with Gasteiger partial charge in [-0.2, -0.15) is 0 Å². The van der Waals surface area contributed by atoms with Gasteiger partial charge in [-0.05, 0) is 70.9 Å². The minimum Gasteiger partial charge on any atom is -0.493 e. The number of halogens is 1. The van der Waals surface area contributed by atoms with Crippen molar-refractivity contribution in [2.75, 3.05) is 32.3 Å². The number of hydrogen-bond acceptors (Lipinski definition) is 7. The maximum absolute atomic E-state index is 13.2. The van der Waals surface area contributed by atoms with Crippen molar-refractivity contribution < 1.29 is 33.3 Å². The summed E-state index contributed by atoms with van der Waals surface area (Å²) in [7, 11) is 3.05. The lowest BCUT2D eigenvalue weighted by molar-refractivity contribution is -0.122. The Kier molecular flexibility index (Phi) is 8.32. The number of carbonyl (C=O) groups is 3. The van der Waals surface area contributed by atoms with Crippen molar-refractivity contribution in [1.29, 1.82) is 0 Å². The van der Waals surface area contributed by atoms with Crippen LogP contribution < -0.4 is 29.2 Å². The third kappa shape index (κ3) is 5.81. The van der Waals surface area contributed by atoms with E-state index in [1.54, 1.807) is 55.6 Å². The number of barbiturate groups is 1. The number of anilines is 1. The van der Waals surface area contributed by atoms with E-state index in [9.17, 15) is 14.4 Å². The number of benzene rings is 3. The van der Waals surface area contributed by atoms with Gasteiger partial charge in [0, 0.05) is 0 Å². The van der Waals surface area contributed by atoms with E-state index in [0.29, 0.717) is 38.7 Å². The fourth-order valence-corrected chi connectivity index (χ4v) is 4.32. The van der Waals surface area contributed by atoms with Crippen LogP contribution in [0.5, 0.6) is 23.0 Å². The second-order valence-corrected chi connectivity index (χ2v) is 9.03. The highest BCUT2D eigenvalue weighted by molar-refractivity contribution is 9.10. The van der Waals surface area contributed by atoms with Crippen molar-refractivity contribution in [2.45, 2.75) is 6.92 Å². The Bertz CT molecular complexity index is 1400. The third-order valence-electron chi connectivity index (χ3n) is 5.61. The number of hydrogen-bond donors (Lipinski definition) is 1. The first-order chi connectivity index (χ1) is 18.3. The Balaban J connectivity index is 1.52. The number of imide groups is 2. The monoisotopic (exact) mass is 580 g/mol. The zero-order valence-corrected chi connectivity index (χ0v) is 22.5. The summed E-state index contributed by atoms with van der Waals surface area (Å²) >= 11 is 3.47. The zero-order chi connectivity index (χ0) is 27.2. The highest BCUT2D eigenvalue weighted by Crippen LogP contribution is 2.37. The van der Waals surface area contributed by atoms with E-state index in [-0.39, 0.29) is 18.8 Å². The predicted molar refractivity (Wildman–Crippen MR) is 145 cm³/mol. The SMILES string of the molecule is COc1ccccc1OCCOc1c(Br)cc(/C=C2\C(=O)NC(=O)N(c3ccc(C)cc3)C2=O)cc1OC. The van der Waals surface area contributed by atoms with Crippen molar-refractivity contribution in [3.05, 3.63) is 81.8 Å². The van der Waals surface area contributed by atoms with Crippen molar-refractivity contribution in [3.8, 4) is 23.0 Å². The van der Waals surface area contributed by atoms with E-state index in [1.807, 2.05) is 19.1 Å². The van der Waals surface area contributed by atoms with Crippen LogP contribution in [-0.4, -0.2) is 45.3 Å². The number of nitrogens with zero attached hydrogens (tertiary/aromatic N) is 1. The molecule has 0 aliphatic carbocycles. The largest absolute Gasteiger partial charge is 0.493 e. The maximum Gasteiger partial charge on any atom is 0.335 e. The first kappa shape index (κ1) is 26.7. The minimum absolute atomic E-state index is 0.196. The van der Waals surface area contributed by atoms with Gasteiger partial charge in [-0.15, -0.1) is 0 Å². The first-order valence-electron chi connectivity index (χ1n) is 11.6. The average molecular weight is 581 g/mol. The lowest BCUT2D eigenvalue weighted by Crippen LogP contribution is -2.54. The average Bonchev–Trinajstić information content (AvgIpc) is 2.90. The molecule has 0 bridgehead atoms. The van der Waals surface area contributed by atoms with E-state index in [2.05, 4.69) is 21.2 Å². The van der Waals surface area contributed by atoms with Gasteiger partial charge in [-0.1, -0.05) is 29.8 Å². The molecule has 1 fully saturated rings. The van der Waals surface area contributed by atoms with Crippen LogP contribution in [0.2, 0.25) is 0 Å². The molecular weight excluding hydrogens is 556 g/mol. The summed E-state index contributed by atoms with van der Waals surface area (Å²) in [6.07, 6.45) is 1.40. The summed E-state index contributed by atoms with van der Waals surface area (Å²) in [6.45, 7) is 2.35.